The summed E-state index contributed by atoms with van der Waals surface area (Å²) < 4.78 is 6.29. The lowest BCUT2D eigenvalue weighted by atomic mass is 10.1. The van der Waals surface area contributed by atoms with Crippen LogP contribution in [0.5, 0.6) is 5.75 Å². The lowest BCUT2D eigenvalue weighted by Gasteiger charge is -2.26. The summed E-state index contributed by atoms with van der Waals surface area (Å²) in [6.07, 6.45) is 5.35. The molecule has 0 aliphatic carbocycles. The number of hydrogen-bond donors (Lipinski definition) is 0. The van der Waals surface area contributed by atoms with Crippen LogP contribution in [0.15, 0.2) is 49.2 Å². The Morgan fingerprint density at radius 2 is 2.04 bits per heavy atom. The molecular weight excluding hydrogens is 314 g/mol. The number of allylic oxidation sites excluding steroid dienone is 1. The van der Waals surface area contributed by atoms with Gasteiger partial charge in [0.2, 0.25) is 5.91 Å². The zero-order chi connectivity index (χ0) is 18.2. The van der Waals surface area contributed by atoms with Crippen LogP contribution >= 0.6 is 0 Å². The molecule has 0 fully saturated rings. The molecule has 0 spiro atoms. The molecule has 0 aliphatic heterocycles. The molecular formula is C20H27N3O2. The largest absolute Gasteiger partial charge is 0.488 e. The molecule has 0 aliphatic rings. The second-order valence-electron chi connectivity index (χ2n) is 6.42. The minimum Gasteiger partial charge on any atom is -0.488 e. The summed E-state index contributed by atoms with van der Waals surface area (Å²) >= 11 is 0. The molecule has 134 valence electrons. The van der Waals surface area contributed by atoms with E-state index in [1.807, 2.05) is 48.4 Å². The zero-order valence-corrected chi connectivity index (χ0v) is 15.3. The van der Waals surface area contributed by atoms with Crippen molar-refractivity contribution in [3.8, 4) is 5.75 Å². The fourth-order valence-corrected chi connectivity index (χ4v) is 2.63. The van der Waals surface area contributed by atoms with Crippen LogP contribution in [0.4, 0.5) is 0 Å². The summed E-state index contributed by atoms with van der Waals surface area (Å²) in [5, 5.41) is 1.00. The second-order valence-corrected chi connectivity index (χ2v) is 6.42. The molecule has 1 amide bonds. The Hall–Kier alpha value is -2.40. The fourth-order valence-electron chi connectivity index (χ4n) is 2.63. The van der Waals surface area contributed by atoms with Crippen molar-refractivity contribution < 1.29 is 9.53 Å². The Balaban J connectivity index is 2.11. The Kier molecular flexibility index (Phi) is 6.95. The first-order valence-electron chi connectivity index (χ1n) is 8.51. The first-order valence-corrected chi connectivity index (χ1v) is 8.51. The minimum atomic E-state index is -0.0243. The number of rotatable bonds is 9. The fraction of sp³-hybridized carbons (Fsp3) is 0.400. The van der Waals surface area contributed by atoms with Gasteiger partial charge in [-0.3, -0.25) is 14.7 Å². The van der Waals surface area contributed by atoms with Gasteiger partial charge < -0.3 is 9.64 Å². The number of fused-ring (bicyclic) bond motifs is 1. The number of carbonyl (C=O) groups excluding carboxylic acids is 1. The quantitative estimate of drug-likeness (QED) is 0.658. The number of likely N-dealkylation sites (N-methyl/N-ethyl adjacent to an activating group) is 2. The van der Waals surface area contributed by atoms with Gasteiger partial charge in [0.25, 0.3) is 0 Å². The van der Waals surface area contributed by atoms with Crippen LogP contribution in [0.2, 0.25) is 0 Å². The van der Waals surface area contributed by atoms with E-state index in [0.29, 0.717) is 13.1 Å². The summed E-state index contributed by atoms with van der Waals surface area (Å²) in [5.74, 6) is 0.909. The summed E-state index contributed by atoms with van der Waals surface area (Å²) in [6, 6.07) is 9.84. The van der Waals surface area contributed by atoms with E-state index in [0.717, 1.165) is 29.5 Å². The van der Waals surface area contributed by atoms with Crippen molar-refractivity contribution in [3.63, 3.8) is 0 Å². The number of ether oxygens (including phenoxy) is 1. The number of hydrogen-bond acceptors (Lipinski definition) is 4. The van der Waals surface area contributed by atoms with Crippen molar-refractivity contribution >= 4 is 16.8 Å². The van der Waals surface area contributed by atoms with E-state index >= 15 is 0 Å². The van der Waals surface area contributed by atoms with Crippen molar-refractivity contribution in [2.24, 2.45) is 0 Å². The topological polar surface area (TPSA) is 45.7 Å². The number of pyridine rings is 1. The van der Waals surface area contributed by atoms with E-state index < -0.39 is 0 Å². The van der Waals surface area contributed by atoms with Crippen molar-refractivity contribution in [1.29, 1.82) is 0 Å². The van der Waals surface area contributed by atoms with Crippen LogP contribution in [0.25, 0.3) is 10.9 Å². The second kappa shape index (κ2) is 9.18. The highest BCUT2D eigenvalue weighted by Crippen LogP contribution is 2.25. The number of amides is 1. The number of benzene rings is 1. The number of nitrogens with zero attached hydrogens (tertiary/aromatic N) is 3. The molecule has 0 N–H and O–H groups in total. The third-order valence-electron chi connectivity index (χ3n) is 4.01. The minimum absolute atomic E-state index is 0.0243. The van der Waals surface area contributed by atoms with Crippen molar-refractivity contribution in [1.82, 2.24) is 14.8 Å². The van der Waals surface area contributed by atoms with Crippen LogP contribution in [0, 0.1) is 0 Å². The van der Waals surface area contributed by atoms with Crippen LogP contribution in [0.1, 0.15) is 12.8 Å². The molecule has 5 heteroatoms. The van der Waals surface area contributed by atoms with Crippen LogP contribution in [0.3, 0.4) is 0 Å². The van der Waals surface area contributed by atoms with E-state index in [2.05, 4.69) is 11.6 Å². The number of para-hydroxylation sites is 1. The first-order chi connectivity index (χ1) is 12.0. The smallest absolute Gasteiger partial charge is 0.236 e. The predicted octanol–water partition coefficient (Wildman–Crippen LogP) is 2.97. The molecule has 0 bridgehead atoms. The highest BCUT2D eigenvalue weighted by Gasteiger charge is 2.17. The van der Waals surface area contributed by atoms with Crippen molar-refractivity contribution in [3.05, 3.63) is 49.2 Å². The van der Waals surface area contributed by atoms with Gasteiger partial charge in [0, 0.05) is 32.2 Å². The van der Waals surface area contributed by atoms with E-state index in [-0.39, 0.29) is 12.0 Å². The Morgan fingerprint density at radius 1 is 1.28 bits per heavy atom. The SMILES string of the molecule is C=CCC[C@@H](CN(C)CC(=O)N(C)C)Oc1ccnc2ccccc12. The molecule has 0 unspecified atom stereocenters. The lowest BCUT2D eigenvalue weighted by molar-refractivity contribution is -0.129. The van der Waals surface area contributed by atoms with E-state index in [4.69, 9.17) is 4.74 Å². The molecule has 1 atom stereocenters. The molecule has 0 saturated heterocycles. The monoisotopic (exact) mass is 341 g/mol. The van der Waals surface area contributed by atoms with Gasteiger partial charge >= 0.3 is 0 Å². The van der Waals surface area contributed by atoms with Gasteiger partial charge in [-0.25, -0.2) is 0 Å². The van der Waals surface area contributed by atoms with Crippen molar-refractivity contribution in [2.45, 2.75) is 18.9 Å². The standard InChI is InChI=1S/C20H27N3O2/c1-5-6-9-16(14-23(4)15-20(24)22(2)3)25-19-12-13-21-18-11-8-7-10-17(18)19/h5,7-8,10-13,16H,1,6,9,14-15H2,2-4H3/t16-/m0/s1. The molecule has 1 heterocycles. The molecule has 2 rings (SSSR count). The van der Waals surface area contributed by atoms with E-state index in [1.54, 1.807) is 25.2 Å². The van der Waals surface area contributed by atoms with Crippen molar-refractivity contribution in [2.75, 3.05) is 34.2 Å². The first kappa shape index (κ1) is 18.9. The molecule has 1 aromatic heterocycles. The predicted molar refractivity (Wildman–Crippen MR) is 102 cm³/mol. The highest BCUT2D eigenvalue weighted by atomic mass is 16.5. The van der Waals surface area contributed by atoms with Crippen LogP contribution in [-0.2, 0) is 4.79 Å². The van der Waals surface area contributed by atoms with Gasteiger partial charge in [0.05, 0.1) is 12.1 Å². The third-order valence-corrected chi connectivity index (χ3v) is 4.01. The molecule has 0 saturated carbocycles. The number of aromatic nitrogens is 1. The van der Waals surface area contributed by atoms with Gasteiger partial charge in [0.15, 0.2) is 0 Å². The van der Waals surface area contributed by atoms with Gasteiger partial charge in [-0.1, -0.05) is 18.2 Å². The number of carbonyl (C=O) groups is 1. The normalized spacial score (nSPS) is 12.2. The summed E-state index contributed by atoms with van der Waals surface area (Å²) in [5.41, 5.74) is 0.915. The van der Waals surface area contributed by atoms with Gasteiger partial charge in [0.1, 0.15) is 11.9 Å². The van der Waals surface area contributed by atoms with Gasteiger partial charge in [-0.2, -0.15) is 0 Å². The average Bonchev–Trinajstić information content (AvgIpc) is 2.59. The molecule has 1 aromatic carbocycles. The Morgan fingerprint density at radius 3 is 2.76 bits per heavy atom. The Labute approximate surface area is 149 Å². The summed E-state index contributed by atoms with van der Waals surface area (Å²) in [7, 11) is 5.48. The van der Waals surface area contributed by atoms with E-state index in [9.17, 15) is 4.79 Å². The maximum absolute atomic E-state index is 11.9. The van der Waals surface area contributed by atoms with E-state index in [1.165, 1.54) is 0 Å². The molecule has 2 aromatic rings. The molecule has 0 radical (unpaired) electrons. The van der Waals surface area contributed by atoms with Crippen LogP contribution in [-0.4, -0.2) is 61.0 Å². The highest BCUT2D eigenvalue weighted by molar-refractivity contribution is 5.84. The summed E-state index contributed by atoms with van der Waals surface area (Å²) in [6.45, 7) is 4.84. The summed E-state index contributed by atoms with van der Waals surface area (Å²) in [4.78, 5) is 19.9. The maximum atomic E-state index is 11.9. The third kappa shape index (κ3) is 5.57. The van der Waals surface area contributed by atoms with Gasteiger partial charge in [-0.05, 0) is 38.1 Å². The molecule has 5 nitrogen and oxygen atoms in total. The lowest BCUT2D eigenvalue weighted by Crippen LogP contribution is -2.39. The van der Waals surface area contributed by atoms with Gasteiger partial charge in [-0.15, -0.1) is 6.58 Å². The maximum Gasteiger partial charge on any atom is 0.236 e. The Bertz CT molecular complexity index is 710. The average molecular weight is 341 g/mol. The molecule has 25 heavy (non-hydrogen) atoms. The van der Waals surface area contributed by atoms with Crippen LogP contribution < -0.4 is 4.74 Å². The zero-order valence-electron chi connectivity index (χ0n) is 15.3.